The van der Waals surface area contributed by atoms with E-state index in [1.807, 2.05) is 54.6 Å². The highest BCUT2D eigenvalue weighted by molar-refractivity contribution is 6.32. The van der Waals surface area contributed by atoms with Gasteiger partial charge >= 0.3 is 0 Å². The molecule has 3 aromatic rings. The van der Waals surface area contributed by atoms with Crippen molar-refractivity contribution in [2.24, 2.45) is 0 Å². The Balaban J connectivity index is 1.81. The molecule has 1 saturated heterocycles. The molecule has 0 atom stereocenters. The fourth-order valence-electron chi connectivity index (χ4n) is 3.02. The Morgan fingerprint density at radius 1 is 1.00 bits per heavy atom. The van der Waals surface area contributed by atoms with Crippen molar-refractivity contribution >= 4 is 17.5 Å². The predicted molar refractivity (Wildman–Crippen MR) is 101 cm³/mol. The number of nitrogens with zero attached hydrogens (tertiary/aromatic N) is 3. The second-order valence-electron chi connectivity index (χ2n) is 6.05. The van der Waals surface area contributed by atoms with Gasteiger partial charge < -0.3 is 9.64 Å². The Kier molecular flexibility index (Phi) is 4.73. The van der Waals surface area contributed by atoms with E-state index in [9.17, 15) is 4.79 Å². The third kappa shape index (κ3) is 3.23. The molecule has 2 aromatic carbocycles. The Hall–Kier alpha value is -2.63. The van der Waals surface area contributed by atoms with Crippen molar-refractivity contribution in [1.82, 2.24) is 14.7 Å². The number of hydrogen-bond acceptors (Lipinski definition) is 3. The van der Waals surface area contributed by atoms with Gasteiger partial charge in [0.25, 0.3) is 5.91 Å². The van der Waals surface area contributed by atoms with E-state index in [0.717, 1.165) is 11.3 Å². The smallest absolute Gasteiger partial charge is 0.272 e. The molecule has 0 saturated carbocycles. The first-order valence-corrected chi connectivity index (χ1v) is 8.89. The standard InChI is InChI=1S/C20H18ClN3O2/c21-16-8-4-5-9-18(16)24-19(20(25)23-10-12-26-13-11-23)14-17(22-24)15-6-2-1-3-7-15/h1-9,14H,10-13H2. The number of benzene rings is 2. The van der Waals surface area contributed by atoms with Crippen molar-refractivity contribution < 1.29 is 9.53 Å². The maximum Gasteiger partial charge on any atom is 0.272 e. The number of carbonyl (C=O) groups excluding carboxylic acids is 1. The minimum absolute atomic E-state index is 0.0668. The average Bonchev–Trinajstić information content (AvgIpc) is 3.14. The lowest BCUT2D eigenvalue weighted by Gasteiger charge is -2.26. The van der Waals surface area contributed by atoms with Crippen LogP contribution in [0.4, 0.5) is 0 Å². The van der Waals surface area contributed by atoms with Crippen LogP contribution in [0.1, 0.15) is 10.5 Å². The first kappa shape index (κ1) is 16.8. The van der Waals surface area contributed by atoms with Crippen LogP contribution < -0.4 is 0 Å². The molecule has 4 rings (SSSR count). The van der Waals surface area contributed by atoms with Crippen LogP contribution in [0.15, 0.2) is 60.7 Å². The maximum absolute atomic E-state index is 13.1. The molecule has 0 bridgehead atoms. The molecule has 1 aliphatic rings. The summed E-state index contributed by atoms with van der Waals surface area (Å²) in [4.78, 5) is 14.9. The van der Waals surface area contributed by atoms with Crippen molar-refractivity contribution in [2.75, 3.05) is 26.3 Å². The van der Waals surface area contributed by atoms with Crippen LogP contribution >= 0.6 is 11.6 Å². The zero-order chi connectivity index (χ0) is 17.9. The van der Waals surface area contributed by atoms with Crippen molar-refractivity contribution in [3.8, 4) is 16.9 Å². The third-order valence-corrected chi connectivity index (χ3v) is 4.70. The van der Waals surface area contributed by atoms with Crippen molar-refractivity contribution in [1.29, 1.82) is 0 Å². The van der Waals surface area contributed by atoms with Crippen LogP contribution in [0, 0.1) is 0 Å². The Morgan fingerprint density at radius 3 is 2.42 bits per heavy atom. The van der Waals surface area contributed by atoms with Crippen LogP contribution in [-0.4, -0.2) is 46.9 Å². The molecule has 0 unspecified atom stereocenters. The zero-order valence-electron chi connectivity index (χ0n) is 14.1. The molecule has 0 N–H and O–H groups in total. The van der Waals surface area contributed by atoms with Gasteiger partial charge in [0.05, 0.1) is 29.6 Å². The number of carbonyl (C=O) groups is 1. The molecule has 1 aromatic heterocycles. The van der Waals surface area contributed by atoms with E-state index < -0.39 is 0 Å². The number of para-hydroxylation sites is 1. The molecular weight excluding hydrogens is 350 g/mol. The lowest BCUT2D eigenvalue weighted by atomic mass is 10.1. The zero-order valence-corrected chi connectivity index (χ0v) is 14.9. The van der Waals surface area contributed by atoms with Gasteiger partial charge in [-0.25, -0.2) is 4.68 Å². The summed E-state index contributed by atoms with van der Waals surface area (Å²) in [5, 5.41) is 5.23. The fourth-order valence-corrected chi connectivity index (χ4v) is 3.23. The SMILES string of the molecule is O=C(c1cc(-c2ccccc2)nn1-c1ccccc1Cl)N1CCOCC1. The molecule has 0 spiro atoms. The molecule has 1 fully saturated rings. The molecule has 0 radical (unpaired) electrons. The quantitative estimate of drug-likeness (QED) is 0.709. The summed E-state index contributed by atoms with van der Waals surface area (Å²) in [5.74, 6) is -0.0668. The van der Waals surface area contributed by atoms with Gasteiger partial charge in [-0.3, -0.25) is 4.79 Å². The summed E-state index contributed by atoms with van der Waals surface area (Å²) < 4.78 is 7.00. The average molecular weight is 368 g/mol. The van der Waals surface area contributed by atoms with Gasteiger partial charge in [-0.05, 0) is 18.2 Å². The van der Waals surface area contributed by atoms with Crippen molar-refractivity contribution in [2.45, 2.75) is 0 Å². The monoisotopic (exact) mass is 367 g/mol. The summed E-state index contributed by atoms with van der Waals surface area (Å²) >= 11 is 6.37. The number of aromatic nitrogens is 2. The van der Waals surface area contributed by atoms with Crippen molar-refractivity contribution in [3.63, 3.8) is 0 Å². The number of hydrogen-bond donors (Lipinski definition) is 0. The first-order chi connectivity index (χ1) is 12.7. The van der Waals surface area contributed by atoms with Crippen LogP contribution in [-0.2, 0) is 4.74 Å². The molecule has 1 amide bonds. The first-order valence-electron chi connectivity index (χ1n) is 8.51. The summed E-state index contributed by atoms with van der Waals surface area (Å²) in [6.07, 6.45) is 0. The minimum atomic E-state index is -0.0668. The molecule has 0 aliphatic carbocycles. The highest BCUT2D eigenvalue weighted by Gasteiger charge is 2.24. The van der Waals surface area contributed by atoms with Gasteiger partial charge in [-0.2, -0.15) is 5.10 Å². The Bertz CT molecular complexity index is 918. The van der Waals surface area contributed by atoms with Gasteiger partial charge in [0, 0.05) is 18.7 Å². The highest BCUT2D eigenvalue weighted by atomic mass is 35.5. The number of halogens is 1. The summed E-state index contributed by atoms with van der Waals surface area (Å²) in [6, 6.07) is 19.0. The second-order valence-corrected chi connectivity index (χ2v) is 6.46. The second kappa shape index (κ2) is 7.32. The van der Waals surface area contributed by atoms with E-state index in [2.05, 4.69) is 5.10 Å². The van der Waals surface area contributed by atoms with Gasteiger partial charge in [-0.1, -0.05) is 54.1 Å². The highest BCUT2D eigenvalue weighted by Crippen LogP contribution is 2.26. The van der Waals surface area contributed by atoms with Crippen LogP contribution in [0.25, 0.3) is 16.9 Å². The van der Waals surface area contributed by atoms with Gasteiger partial charge in [0.2, 0.25) is 0 Å². The molecule has 132 valence electrons. The molecule has 2 heterocycles. The predicted octanol–water partition coefficient (Wildman–Crippen LogP) is 3.67. The summed E-state index contributed by atoms with van der Waals surface area (Å²) in [5.41, 5.74) is 2.88. The number of ether oxygens (including phenoxy) is 1. The third-order valence-electron chi connectivity index (χ3n) is 4.38. The minimum Gasteiger partial charge on any atom is -0.378 e. The molecule has 6 heteroatoms. The Labute approximate surface area is 156 Å². The largest absolute Gasteiger partial charge is 0.378 e. The molecular formula is C20H18ClN3O2. The van der Waals surface area contributed by atoms with Crippen LogP contribution in [0.5, 0.6) is 0 Å². The van der Waals surface area contributed by atoms with Gasteiger partial charge in [0.1, 0.15) is 5.69 Å². The van der Waals surface area contributed by atoms with Crippen LogP contribution in [0.2, 0.25) is 5.02 Å². The van der Waals surface area contributed by atoms with Crippen molar-refractivity contribution in [3.05, 3.63) is 71.4 Å². The van der Waals surface area contributed by atoms with Crippen LogP contribution in [0.3, 0.4) is 0 Å². The van der Waals surface area contributed by atoms with E-state index in [0.29, 0.717) is 42.7 Å². The van der Waals surface area contributed by atoms with Gasteiger partial charge in [-0.15, -0.1) is 0 Å². The molecule has 1 aliphatic heterocycles. The normalized spacial score (nSPS) is 14.4. The number of morpholine rings is 1. The maximum atomic E-state index is 13.1. The van der Waals surface area contributed by atoms with E-state index in [1.54, 1.807) is 15.6 Å². The van der Waals surface area contributed by atoms with E-state index in [4.69, 9.17) is 16.3 Å². The summed E-state index contributed by atoms with van der Waals surface area (Å²) in [6.45, 7) is 2.26. The van der Waals surface area contributed by atoms with Gasteiger partial charge in [0.15, 0.2) is 0 Å². The topological polar surface area (TPSA) is 47.4 Å². The Morgan fingerprint density at radius 2 is 1.69 bits per heavy atom. The van der Waals surface area contributed by atoms with E-state index >= 15 is 0 Å². The lowest BCUT2D eigenvalue weighted by Crippen LogP contribution is -2.41. The van der Waals surface area contributed by atoms with E-state index in [1.165, 1.54) is 0 Å². The number of rotatable bonds is 3. The lowest BCUT2D eigenvalue weighted by molar-refractivity contribution is 0.0297. The fraction of sp³-hybridized carbons (Fsp3) is 0.200. The number of amides is 1. The van der Waals surface area contributed by atoms with E-state index in [-0.39, 0.29) is 5.91 Å². The molecule has 5 nitrogen and oxygen atoms in total. The molecule has 26 heavy (non-hydrogen) atoms. The summed E-state index contributed by atoms with van der Waals surface area (Å²) in [7, 11) is 0.